The van der Waals surface area contributed by atoms with E-state index in [2.05, 4.69) is 25.7 Å². The number of carbonyl (C=O) groups excluding carboxylic acids is 4. The van der Waals surface area contributed by atoms with Gasteiger partial charge in [-0.1, -0.05) is 93.6 Å². The Morgan fingerprint density at radius 2 is 0.946 bits per heavy atom. The average molecular weight is 787 g/mol. The van der Waals surface area contributed by atoms with Crippen molar-refractivity contribution in [2.45, 2.75) is 51.5 Å². The van der Waals surface area contributed by atoms with E-state index in [1.807, 2.05) is 0 Å². The Morgan fingerprint density at radius 1 is 0.589 bits per heavy atom. The highest BCUT2D eigenvalue weighted by molar-refractivity contribution is 7.40. The quantitative estimate of drug-likeness (QED) is 0.0640. The highest BCUT2D eigenvalue weighted by Gasteiger charge is 2.54. The summed E-state index contributed by atoms with van der Waals surface area (Å²) in [7, 11) is -1.43. The Kier molecular flexibility index (Phi) is 19.4. The summed E-state index contributed by atoms with van der Waals surface area (Å²) >= 11 is 0. The highest BCUT2D eigenvalue weighted by atomic mass is 31.2. The van der Waals surface area contributed by atoms with Crippen LogP contribution < -0.4 is 0 Å². The molecule has 5 rings (SSSR count). The molecule has 0 spiro atoms. The molecule has 56 heavy (non-hydrogen) atoms. The van der Waals surface area contributed by atoms with Crippen LogP contribution in [-0.4, -0.2) is 106 Å². The first-order chi connectivity index (χ1) is 26.7. The number of nitrogens with zero attached hydrogens (tertiary/aromatic N) is 1. The van der Waals surface area contributed by atoms with Gasteiger partial charge in [0.05, 0.1) is 22.3 Å². The van der Waals surface area contributed by atoms with Crippen molar-refractivity contribution >= 4 is 40.9 Å². The van der Waals surface area contributed by atoms with Crippen LogP contribution in [0.5, 0.6) is 0 Å². The van der Waals surface area contributed by atoms with Gasteiger partial charge in [0.1, 0.15) is 12.7 Å². The van der Waals surface area contributed by atoms with Gasteiger partial charge in [0.25, 0.3) is 0 Å². The lowest BCUT2D eigenvalue weighted by molar-refractivity contribution is -0.276. The maximum atomic E-state index is 13.5. The third kappa shape index (κ3) is 13.4. The zero-order valence-electron chi connectivity index (χ0n) is 31.7. The van der Waals surface area contributed by atoms with Crippen molar-refractivity contribution in [2.24, 2.45) is 0 Å². The van der Waals surface area contributed by atoms with Crippen molar-refractivity contribution in [3.8, 4) is 0 Å². The molecule has 0 amide bonds. The summed E-state index contributed by atoms with van der Waals surface area (Å²) in [6.07, 6.45) is -7.80. The number of carbonyl (C=O) groups is 4. The predicted octanol–water partition coefficient (Wildman–Crippen LogP) is 6.09. The van der Waals surface area contributed by atoms with Crippen LogP contribution in [0.1, 0.15) is 62.2 Å². The van der Waals surface area contributed by atoms with Crippen LogP contribution in [-0.2, 0) is 32.7 Å². The van der Waals surface area contributed by atoms with Crippen molar-refractivity contribution in [2.75, 3.05) is 33.4 Å². The number of hydrogen-bond acceptors (Lipinski definition) is 13. The van der Waals surface area contributed by atoms with Crippen LogP contribution in [0.4, 0.5) is 0 Å². The van der Waals surface area contributed by atoms with Crippen molar-refractivity contribution in [1.29, 1.82) is 0 Å². The van der Waals surface area contributed by atoms with Crippen LogP contribution in [0.15, 0.2) is 121 Å². The third-order valence-corrected chi connectivity index (χ3v) is 9.13. The van der Waals surface area contributed by atoms with Gasteiger partial charge in [0, 0.05) is 15.5 Å². The summed E-state index contributed by atoms with van der Waals surface area (Å²) in [5.74, 6) is -3.28. The molecule has 4 aromatic carbocycles. The molecule has 0 aliphatic carbocycles. The molecule has 1 aliphatic heterocycles. The number of hydrogen-bond donors (Lipinski definition) is 1. The monoisotopic (exact) mass is 786 g/mol. The molecule has 4 aromatic rings. The van der Waals surface area contributed by atoms with E-state index in [1.165, 1.54) is 63.1 Å². The molecule has 1 aliphatic rings. The minimum absolute atomic E-state index is 0. The molecule has 0 saturated carbocycles. The van der Waals surface area contributed by atoms with Gasteiger partial charge in [-0.15, -0.1) is 0 Å². The van der Waals surface area contributed by atoms with E-state index < -0.39 is 69.8 Å². The van der Waals surface area contributed by atoms with Crippen molar-refractivity contribution in [1.82, 2.24) is 4.90 Å². The minimum Gasteiger partial charge on any atom is -0.459 e. The van der Waals surface area contributed by atoms with Gasteiger partial charge < -0.3 is 38.0 Å². The van der Waals surface area contributed by atoms with Crippen LogP contribution in [0.25, 0.3) is 0 Å². The number of rotatable bonds is 15. The maximum Gasteiger partial charge on any atom is 0.338 e. The molecule has 0 bridgehead atoms. The molecule has 6 atom stereocenters. The van der Waals surface area contributed by atoms with Gasteiger partial charge in [-0.05, 0) is 68.2 Å². The van der Waals surface area contributed by atoms with E-state index >= 15 is 0 Å². The zero-order chi connectivity index (χ0) is 39.6. The first kappa shape index (κ1) is 45.4. The summed E-state index contributed by atoms with van der Waals surface area (Å²) in [5.41, 5.74) is 0.661. The molecular formula is C41H46BNO12P. The first-order valence-corrected chi connectivity index (χ1v) is 18.9. The Bertz CT molecular complexity index is 1770. The molecule has 1 unspecified atom stereocenters. The summed E-state index contributed by atoms with van der Waals surface area (Å²) in [5, 5.41) is 0. The molecule has 1 N–H and O–H groups in total. The Morgan fingerprint density at radius 3 is 1.30 bits per heavy atom. The second-order valence-electron chi connectivity index (χ2n) is 11.9. The second-order valence-corrected chi connectivity index (χ2v) is 12.9. The first-order valence-electron chi connectivity index (χ1n) is 17.8. The normalized spacial score (nSPS) is 19.2. The van der Waals surface area contributed by atoms with Crippen molar-refractivity contribution in [3.05, 3.63) is 144 Å². The van der Waals surface area contributed by atoms with E-state index in [0.29, 0.717) is 0 Å². The summed E-state index contributed by atoms with van der Waals surface area (Å²) in [6.45, 7) is 9.59. The van der Waals surface area contributed by atoms with Gasteiger partial charge in [-0.3, -0.25) is 4.52 Å². The van der Waals surface area contributed by atoms with Gasteiger partial charge in [-0.2, -0.15) is 0 Å². The number of benzene rings is 4. The zero-order valence-corrected chi connectivity index (χ0v) is 32.6. The molecule has 1 heterocycles. The SMILES string of the molecule is CCN(CC)CC.COP(O)O[C@@H]1O[C@H](COC(=O)c2ccccc2)[C@@H](OC(=O)c2ccccc2)[C@H](OC(=O)c2ccccc2)[C@H]1OC(=O)c1ccccc1.[B]. The molecular weight excluding hydrogens is 740 g/mol. The predicted molar refractivity (Wildman–Crippen MR) is 209 cm³/mol. The standard InChI is InChI=1S/C35H31O12P.C6H15N.B/c1-41-48(40)47-35-30(46-34(39)26-20-12-5-13-21-26)29(45-33(38)25-18-10-4-11-19-25)28(44-32(37)24-16-8-3-9-17-24)27(43-35)22-42-31(36)23-14-6-2-7-15-23;1-4-7(5-2)6-3;/h2-21,27-30,35,40H,22H2,1H3;4-6H2,1-3H3;/t27-,28-,29+,30-,35+,48?;;/m1../s1. The fourth-order valence-corrected chi connectivity index (χ4v) is 5.85. The molecule has 13 nitrogen and oxygen atoms in total. The molecule has 3 radical (unpaired) electrons. The summed E-state index contributed by atoms with van der Waals surface area (Å²) < 4.78 is 39.8. The van der Waals surface area contributed by atoms with E-state index in [9.17, 15) is 24.1 Å². The van der Waals surface area contributed by atoms with Gasteiger partial charge in [-0.25, -0.2) is 19.2 Å². The lowest BCUT2D eigenvalue weighted by Gasteiger charge is -2.44. The Hall–Kier alpha value is -4.95. The fourth-order valence-electron chi connectivity index (χ4n) is 5.41. The summed E-state index contributed by atoms with van der Waals surface area (Å²) in [4.78, 5) is 66.0. The minimum atomic E-state index is -2.61. The smallest absolute Gasteiger partial charge is 0.338 e. The van der Waals surface area contributed by atoms with Crippen LogP contribution >= 0.6 is 8.60 Å². The third-order valence-electron chi connectivity index (χ3n) is 8.43. The van der Waals surface area contributed by atoms with Gasteiger partial charge in [0.2, 0.25) is 6.29 Å². The molecule has 295 valence electrons. The number of esters is 4. The van der Waals surface area contributed by atoms with Crippen LogP contribution in [0.2, 0.25) is 0 Å². The largest absolute Gasteiger partial charge is 0.459 e. The Labute approximate surface area is 330 Å². The van der Waals surface area contributed by atoms with Crippen molar-refractivity contribution < 1.29 is 56.8 Å². The lowest BCUT2D eigenvalue weighted by Crippen LogP contribution is -2.63. The maximum absolute atomic E-state index is 13.5. The molecule has 1 saturated heterocycles. The van der Waals surface area contributed by atoms with E-state index in [-0.39, 0.29) is 30.7 Å². The molecule has 15 heteroatoms. The average Bonchev–Trinajstić information content (AvgIpc) is 3.23. The lowest BCUT2D eigenvalue weighted by atomic mass is 9.97. The second kappa shape index (κ2) is 23.9. The summed E-state index contributed by atoms with van der Waals surface area (Å²) in [6, 6.07) is 32.0. The fraction of sp³-hybridized carbons (Fsp3) is 0.317. The van der Waals surface area contributed by atoms with E-state index in [1.54, 1.807) is 84.9 Å². The number of ether oxygens (including phenoxy) is 5. The van der Waals surface area contributed by atoms with Crippen LogP contribution in [0, 0.1) is 0 Å². The highest BCUT2D eigenvalue weighted by Crippen LogP contribution is 2.40. The van der Waals surface area contributed by atoms with Gasteiger partial charge in [0.15, 0.2) is 18.3 Å². The molecule has 0 aromatic heterocycles. The van der Waals surface area contributed by atoms with E-state index in [4.69, 9.17) is 32.7 Å². The van der Waals surface area contributed by atoms with Crippen LogP contribution in [0.3, 0.4) is 0 Å². The molecule has 1 fully saturated rings. The topological polar surface area (TPSA) is 156 Å². The van der Waals surface area contributed by atoms with E-state index in [0.717, 1.165) is 0 Å². The van der Waals surface area contributed by atoms with Gasteiger partial charge >= 0.3 is 32.5 Å². The van der Waals surface area contributed by atoms with Crippen molar-refractivity contribution in [3.63, 3.8) is 0 Å². The Balaban J connectivity index is 0.000000960.